The van der Waals surface area contributed by atoms with Crippen LogP contribution in [0.25, 0.3) is 0 Å². The van der Waals surface area contributed by atoms with Crippen molar-refractivity contribution in [3.63, 3.8) is 0 Å². The Morgan fingerprint density at radius 1 is 1.50 bits per heavy atom. The minimum atomic E-state index is -0.0810. The zero-order valence-corrected chi connectivity index (χ0v) is 5.18. The van der Waals surface area contributed by atoms with E-state index in [1.165, 1.54) is 6.26 Å². The monoisotopic (exact) mass is 138 g/mol. The summed E-state index contributed by atoms with van der Waals surface area (Å²) in [6.07, 6.45) is 1.49. The number of rotatable bonds is 0. The van der Waals surface area contributed by atoms with Crippen LogP contribution >= 0.6 is 0 Å². The van der Waals surface area contributed by atoms with Gasteiger partial charge in [-0.15, -0.1) is 0 Å². The van der Waals surface area contributed by atoms with Crippen molar-refractivity contribution in [3.05, 3.63) is 17.9 Å². The molecule has 0 atom stereocenters. The zero-order chi connectivity index (χ0) is 6.97. The minimum Gasteiger partial charge on any atom is -0.448 e. The summed E-state index contributed by atoms with van der Waals surface area (Å²) < 4.78 is 4.95. The molecule has 52 valence electrons. The normalized spacial score (nSPS) is 15.4. The van der Waals surface area contributed by atoms with Crippen molar-refractivity contribution in [2.75, 3.05) is 12.0 Å². The SMILES string of the molecule is O=C1NCNc2occc21. The van der Waals surface area contributed by atoms with Crippen LogP contribution in [0.2, 0.25) is 0 Å². The van der Waals surface area contributed by atoms with E-state index in [0.29, 0.717) is 18.1 Å². The van der Waals surface area contributed by atoms with Gasteiger partial charge in [0.1, 0.15) is 5.56 Å². The van der Waals surface area contributed by atoms with Crippen LogP contribution in [0.3, 0.4) is 0 Å². The van der Waals surface area contributed by atoms with E-state index in [-0.39, 0.29) is 5.91 Å². The van der Waals surface area contributed by atoms with Gasteiger partial charge >= 0.3 is 0 Å². The van der Waals surface area contributed by atoms with Gasteiger partial charge in [-0.2, -0.15) is 0 Å². The Morgan fingerprint density at radius 2 is 2.40 bits per heavy atom. The molecule has 2 N–H and O–H groups in total. The Kier molecular flexibility index (Phi) is 0.943. The number of amides is 1. The third-order valence-electron chi connectivity index (χ3n) is 1.41. The number of nitrogens with one attached hydrogen (secondary N) is 2. The fraction of sp³-hybridized carbons (Fsp3) is 0.167. The van der Waals surface area contributed by atoms with Gasteiger partial charge < -0.3 is 15.1 Å². The first-order chi connectivity index (χ1) is 4.88. The summed E-state index contributed by atoms with van der Waals surface area (Å²) in [5.41, 5.74) is 0.575. The van der Waals surface area contributed by atoms with E-state index < -0.39 is 0 Å². The van der Waals surface area contributed by atoms with E-state index in [1.54, 1.807) is 6.07 Å². The van der Waals surface area contributed by atoms with Crippen molar-refractivity contribution < 1.29 is 9.21 Å². The molecule has 0 aromatic carbocycles. The maximum absolute atomic E-state index is 10.9. The van der Waals surface area contributed by atoms with Crippen LogP contribution < -0.4 is 10.6 Å². The molecule has 10 heavy (non-hydrogen) atoms. The van der Waals surface area contributed by atoms with Crippen LogP contribution in [0.15, 0.2) is 16.7 Å². The van der Waals surface area contributed by atoms with Gasteiger partial charge in [0.15, 0.2) is 0 Å². The fourth-order valence-corrected chi connectivity index (χ4v) is 0.925. The van der Waals surface area contributed by atoms with E-state index in [2.05, 4.69) is 10.6 Å². The molecule has 0 unspecified atom stereocenters. The molecule has 2 heterocycles. The van der Waals surface area contributed by atoms with E-state index >= 15 is 0 Å². The molecule has 0 fully saturated rings. The van der Waals surface area contributed by atoms with Gasteiger partial charge in [0, 0.05) is 0 Å². The number of carbonyl (C=O) groups excluding carboxylic acids is 1. The van der Waals surface area contributed by atoms with Gasteiger partial charge in [-0.05, 0) is 6.07 Å². The number of hydrogen-bond donors (Lipinski definition) is 2. The average Bonchev–Trinajstić information content (AvgIpc) is 2.36. The molecular weight excluding hydrogens is 132 g/mol. The first-order valence-corrected chi connectivity index (χ1v) is 2.97. The maximum Gasteiger partial charge on any atom is 0.258 e. The van der Waals surface area contributed by atoms with Crippen LogP contribution in [0, 0.1) is 0 Å². The number of carbonyl (C=O) groups is 1. The van der Waals surface area contributed by atoms with Crippen molar-refractivity contribution in [3.8, 4) is 0 Å². The molecule has 0 spiro atoms. The third kappa shape index (κ3) is 0.586. The molecule has 0 saturated heterocycles. The van der Waals surface area contributed by atoms with Crippen molar-refractivity contribution in [1.29, 1.82) is 0 Å². The molecule has 1 aromatic heterocycles. The van der Waals surface area contributed by atoms with Gasteiger partial charge in [-0.25, -0.2) is 0 Å². The second-order valence-electron chi connectivity index (χ2n) is 2.02. The van der Waals surface area contributed by atoms with Crippen molar-refractivity contribution in [1.82, 2.24) is 5.32 Å². The van der Waals surface area contributed by atoms with Crippen LogP contribution in [-0.2, 0) is 0 Å². The number of anilines is 1. The molecule has 0 aliphatic carbocycles. The van der Waals surface area contributed by atoms with Crippen molar-refractivity contribution in [2.45, 2.75) is 0 Å². The largest absolute Gasteiger partial charge is 0.448 e. The van der Waals surface area contributed by atoms with Gasteiger partial charge in [0.2, 0.25) is 5.88 Å². The summed E-state index contributed by atoms with van der Waals surface area (Å²) in [5, 5.41) is 5.49. The van der Waals surface area contributed by atoms with Crippen molar-refractivity contribution >= 4 is 11.8 Å². The Balaban J connectivity index is 2.50. The smallest absolute Gasteiger partial charge is 0.258 e. The lowest BCUT2D eigenvalue weighted by molar-refractivity contribution is 0.0951. The molecule has 1 aromatic rings. The maximum atomic E-state index is 10.9. The summed E-state index contributed by atoms with van der Waals surface area (Å²) in [6, 6.07) is 1.64. The second kappa shape index (κ2) is 1.76. The first-order valence-electron chi connectivity index (χ1n) is 2.97. The average molecular weight is 138 g/mol. The number of hydrogen-bond acceptors (Lipinski definition) is 3. The van der Waals surface area contributed by atoms with E-state index in [9.17, 15) is 4.79 Å². The van der Waals surface area contributed by atoms with E-state index in [0.717, 1.165) is 0 Å². The lowest BCUT2D eigenvalue weighted by Gasteiger charge is -2.12. The van der Waals surface area contributed by atoms with Gasteiger partial charge in [0.05, 0.1) is 12.9 Å². The molecule has 1 aliphatic rings. The molecule has 0 bridgehead atoms. The quantitative estimate of drug-likeness (QED) is 0.545. The first kappa shape index (κ1) is 5.34. The highest BCUT2D eigenvalue weighted by Gasteiger charge is 2.17. The van der Waals surface area contributed by atoms with Crippen LogP contribution in [-0.4, -0.2) is 12.6 Å². The predicted molar refractivity (Wildman–Crippen MR) is 34.7 cm³/mol. The topological polar surface area (TPSA) is 54.3 Å². The summed E-state index contributed by atoms with van der Waals surface area (Å²) in [6.45, 7) is 0.444. The molecule has 0 saturated carbocycles. The third-order valence-corrected chi connectivity index (χ3v) is 1.41. The molecule has 4 heteroatoms. The van der Waals surface area contributed by atoms with Gasteiger partial charge in [-0.1, -0.05) is 0 Å². The molecule has 0 radical (unpaired) electrons. The highest BCUT2D eigenvalue weighted by molar-refractivity contribution is 5.99. The standard InChI is InChI=1S/C6H6N2O2/c9-5-4-1-2-10-6(4)8-3-7-5/h1-2,8H,3H2,(H,7,9). The highest BCUT2D eigenvalue weighted by Crippen LogP contribution is 2.17. The lowest BCUT2D eigenvalue weighted by atomic mass is 10.3. The Bertz CT molecular complexity index is 266. The number of fused-ring (bicyclic) bond motifs is 1. The molecule has 2 rings (SSSR count). The van der Waals surface area contributed by atoms with Gasteiger partial charge in [0.25, 0.3) is 5.91 Å². The minimum absolute atomic E-state index is 0.0810. The summed E-state index contributed by atoms with van der Waals surface area (Å²) in [5.74, 6) is 0.478. The van der Waals surface area contributed by atoms with E-state index in [4.69, 9.17) is 4.42 Å². The van der Waals surface area contributed by atoms with Crippen molar-refractivity contribution in [2.24, 2.45) is 0 Å². The molecular formula is C6H6N2O2. The fourth-order valence-electron chi connectivity index (χ4n) is 0.925. The Hall–Kier alpha value is -1.45. The summed E-state index contributed by atoms with van der Waals surface area (Å²) in [7, 11) is 0. The summed E-state index contributed by atoms with van der Waals surface area (Å²) in [4.78, 5) is 10.9. The van der Waals surface area contributed by atoms with Gasteiger partial charge in [-0.3, -0.25) is 4.79 Å². The molecule has 1 aliphatic heterocycles. The summed E-state index contributed by atoms with van der Waals surface area (Å²) >= 11 is 0. The second-order valence-corrected chi connectivity index (χ2v) is 2.02. The highest BCUT2D eigenvalue weighted by atomic mass is 16.3. The van der Waals surface area contributed by atoms with Crippen LogP contribution in [0.1, 0.15) is 10.4 Å². The molecule has 1 amide bonds. The van der Waals surface area contributed by atoms with E-state index in [1.807, 2.05) is 0 Å². The Morgan fingerprint density at radius 3 is 3.20 bits per heavy atom. The van der Waals surface area contributed by atoms with Crippen LogP contribution in [0.5, 0.6) is 0 Å². The number of furan rings is 1. The Labute approximate surface area is 57.2 Å². The predicted octanol–water partition coefficient (Wildman–Crippen LogP) is 0.392. The molecule has 4 nitrogen and oxygen atoms in total. The lowest BCUT2D eigenvalue weighted by Crippen LogP contribution is -2.33. The van der Waals surface area contributed by atoms with Crippen LogP contribution in [0.4, 0.5) is 5.88 Å². The zero-order valence-electron chi connectivity index (χ0n) is 5.18.